The molecule has 0 spiro atoms. The standard InChI is InChI=1S/C20H22FN7O/c1-10-22-8-11-5-13(17(29)7-15(11)24-10)20-23-9-18(26-27-20)28(2)16-6-12-3-4-14(25-12)19(16)21/h5,7-9,12,14,16,19,25,29H,3-4,6H2,1-2H3/t12?,14?,16-,19+/m0/s1. The molecule has 29 heavy (non-hydrogen) atoms. The molecule has 3 aromatic rings. The van der Waals surface area contributed by atoms with Gasteiger partial charge < -0.3 is 15.3 Å². The molecule has 0 radical (unpaired) electrons. The van der Waals surface area contributed by atoms with Crippen LogP contribution in [0, 0.1) is 6.92 Å². The molecular formula is C20H22FN7O. The predicted octanol–water partition coefficient (Wildman–Crippen LogP) is 2.16. The molecule has 2 unspecified atom stereocenters. The molecular weight excluding hydrogens is 373 g/mol. The zero-order chi connectivity index (χ0) is 20.1. The van der Waals surface area contributed by atoms with E-state index in [9.17, 15) is 9.50 Å². The third-order valence-corrected chi connectivity index (χ3v) is 6.02. The number of aromatic hydroxyl groups is 1. The van der Waals surface area contributed by atoms with Crippen LogP contribution >= 0.6 is 0 Å². The van der Waals surface area contributed by atoms with Crippen molar-refractivity contribution in [1.29, 1.82) is 0 Å². The summed E-state index contributed by atoms with van der Waals surface area (Å²) in [5.41, 5.74) is 1.10. The number of nitrogens with zero attached hydrogens (tertiary/aromatic N) is 6. The van der Waals surface area contributed by atoms with Gasteiger partial charge in [0, 0.05) is 36.8 Å². The molecule has 9 heteroatoms. The van der Waals surface area contributed by atoms with Crippen molar-refractivity contribution in [2.75, 3.05) is 11.9 Å². The maximum atomic E-state index is 14.8. The van der Waals surface area contributed by atoms with Gasteiger partial charge in [0.15, 0.2) is 11.6 Å². The number of anilines is 1. The van der Waals surface area contributed by atoms with Crippen LogP contribution < -0.4 is 10.2 Å². The van der Waals surface area contributed by atoms with Crippen LogP contribution in [0.25, 0.3) is 22.3 Å². The largest absolute Gasteiger partial charge is 0.507 e. The third kappa shape index (κ3) is 3.15. The molecule has 0 amide bonds. The fraction of sp³-hybridized carbons (Fsp3) is 0.450. The molecule has 2 N–H and O–H groups in total. The number of phenolic OH excluding ortho intramolecular Hbond substituents is 1. The Bertz CT molecular complexity index is 1060. The molecule has 0 aliphatic carbocycles. The Hall–Kier alpha value is -2.94. The van der Waals surface area contributed by atoms with Gasteiger partial charge in [-0.1, -0.05) is 0 Å². The van der Waals surface area contributed by atoms with Gasteiger partial charge in [-0.25, -0.2) is 19.3 Å². The minimum atomic E-state index is -0.951. The van der Waals surface area contributed by atoms with Gasteiger partial charge in [0.2, 0.25) is 0 Å². The number of rotatable bonds is 3. The number of alkyl halides is 1. The summed E-state index contributed by atoms with van der Waals surface area (Å²) in [6, 6.07) is 3.35. The monoisotopic (exact) mass is 395 g/mol. The number of aryl methyl sites for hydroxylation is 1. The normalized spacial score (nSPS) is 26.0. The van der Waals surface area contributed by atoms with Gasteiger partial charge in [0.1, 0.15) is 17.7 Å². The first-order valence-electron chi connectivity index (χ1n) is 9.79. The fourth-order valence-electron chi connectivity index (χ4n) is 4.41. The van der Waals surface area contributed by atoms with E-state index in [1.54, 1.807) is 31.5 Å². The van der Waals surface area contributed by atoms with Gasteiger partial charge in [-0.2, -0.15) is 0 Å². The number of nitrogens with one attached hydrogen (secondary N) is 1. The quantitative estimate of drug-likeness (QED) is 0.696. The summed E-state index contributed by atoms with van der Waals surface area (Å²) >= 11 is 0. The topological polar surface area (TPSA) is 100.0 Å². The Labute approximate surface area is 167 Å². The molecule has 4 heterocycles. The van der Waals surface area contributed by atoms with E-state index in [1.807, 2.05) is 11.9 Å². The Morgan fingerprint density at radius 3 is 2.83 bits per heavy atom. The number of piperidine rings is 1. The SMILES string of the molecule is Cc1ncc2cc(-c3ncc(N(C)[C@H]4CC5CCC(N5)[C@H]4F)nn3)c(O)cc2n1. The van der Waals surface area contributed by atoms with Gasteiger partial charge in [0.25, 0.3) is 0 Å². The van der Waals surface area contributed by atoms with Gasteiger partial charge in [-0.05, 0) is 32.3 Å². The highest BCUT2D eigenvalue weighted by molar-refractivity contribution is 5.86. The first-order valence-corrected chi connectivity index (χ1v) is 9.79. The van der Waals surface area contributed by atoms with E-state index in [-0.39, 0.29) is 17.8 Å². The number of halogens is 1. The maximum Gasteiger partial charge on any atom is 0.185 e. The summed E-state index contributed by atoms with van der Waals surface area (Å²) in [6.45, 7) is 1.79. The molecule has 2 saturated heterocycles. The average Bonchev–Trinajstić information content (AvgIpc) is 3.13. The highest BCUT2D eigenvalue weighted by Gasteiger charge is 2.43. The van der Waals surface area contributed by atoms with Crippen molar-refractivity contribution in [2.24, 2.45) is 0 Å². The Morgan fingerprint density at radius 1 is 1.17 bits per heavy atom. The van der Waals surface area contributed by atoms with Gasteiger partial charge >= 0.3 is 0 Å². The number of hydrogen-bond acceptors (Lipinski definition) is 8. The Balaban J connectivity index is 1.42. The van der Waals surface area contributed by atoms with Crippen LogP contribution in [0.3, 0.4) is 0 Å². The van der Waals surface area contributed by atoms with Crippen LogP contribution in [0.5, 0.6) is 5.75 Å². The minimum Gasteiger partial charge on any atom is -0.507 e. The smallest absolute Gasteiger partial charge is 0.185 e. The predicted molar refractivity (Wildman–Crippen MR) is 106 cm³/mol. The second kappa shape index (κ2) is 6.84. The molecule has 5 rings (SSSR count). The van der Waals surface area contributed by atoms with Crippen molar-refractivity contribution in [3.05, 3.63) is 30.4 Å². The lowest BCUT2D eigenvalue weighted by atomic mass is 9.96. The lowest BCUT2D eigenvalue weighted by molar-refractivity contribution is 0.176. The van der Waals surface area contributed by atoms with E-state index in [2.05, 4.69) is 30.5 Å². The van der Waals surface area contributed by atoms with Gasteiger partial charge in [-0.3, -0.25) is 0 Å². The summed E-state index contributed by atoms with van der Waals surface area (Å²) in [5.74, 6) is 1.47. The van der Waals surface area contributed by atoms with Crippen LogP contribution in [0.2, 0.25) is 0 Å². The lowest BCUT2D eigenvalue weighted by Crippen LogP contribution is -2.55. The second-order valence-electron chi connectivity index (χ2n) is 7.89. The van der Waals surface area contributed by atoms with Gasteiger partial charge in [0.05, 0.1) is 23.3 Å². The summed E-state index contributed by atoms with van der Waals surface area (Å²) in [6.07, 6.45) is 4.96. The van der Waals surface area contributed by atoms with Crippen molar-refractivity contribution < 1.29 is 9.50 Å². The van der Waals surface area contributed by atoms with E-state index in [4.69, 9.17) is 0 Å². The molecule has 2 bridgehead atoms. The first-order chi connectivity index (χ1) is 14.0. The first kappa shape index (κ1) is 18.1. The maximum absolute atomic E-state index is 14.8. The van der Waals surface area contributed by atoms with Crippen LogP contribution in [0.4, 0.5) is 10.2 Å². The number of hydrogen-bond donors (Lipinski definition) is 2. The van der Waals surface area contributed by atoms with Crippen molar-refractivity contribution in [3.8, 4) is 17.1 Å². The van der Waals surface area contributed by atoms with Crippen LogP contribution in [-0.4, -0.2) is 61.6 Å². The molecule has 8 nitrogen and oxygen atoms in total. The van der Waals surface area contributed by atoms with E-state index in [1.165, 1.54) is 0 Å². The van der Waals surface area contributed by atoms with Crippen molar-refractivity contribution >= 4 is 16.7 Å². The van der Waals surface area contributed by atoms with E-state index in [0.717, 1.165) is 24.6 Å². The third-order valence-electron chi connectivity index (χ3n) is 6.02. The number of benzene rings is 1. The van der Waals surface area contributed by atoms with Crippen LogP contribution in [-0.2, 0) is 0 Å². The number of aromatic nitrogens is 5. The average molecular weight is 395 g/mol. The van der Waals surface area contributed by atoms with E-state index in [0.29, 0.717) is 34.6 Å². The molecule has 2 aliphatic heterocycles. The molecule has 2 fully saturated rings. The lowest BCUT2D eigenvalue weighted by Gasteiger charge is -2.38. The molecule has 4 atom stereocenters. The molecule has 1 aromatic carbocycles. The summed E-state index contributed by atoms with van der Waals surface area (Å²) in [5, 5.41) is 23.0. The zero-order valence-corrected chi connectivity index (χ0v) is 16.2. The molecule has 2 aliphatic rings. The summed E-state index contributed by atoms with van der Waals surface area (Å²) in [7, 11) is 1.83. The van der Waals surface area contributed by atoms with Gasteiger partial charge in [-0.15, -0.1) is 10.2 Å². The summed E-state index contributed by atoms with van der Waals surface area (Å²) in [4.78, 5) is 14.7. The minimum absolute atomic E-state index is 0.0252. The fourth-order valence-corrected chi connectivity index (χ4v) is 4.41. The highest BCUT2D eigenvalue weighted by atomic mass is 19.1. The number of phenols is 1. The summed E-state index contributed by atoms with van der Waals surface area (Å²) < 4.78 is 14.8. The molecule has 150 valence electrons. The molecule has 0 saturated carbocycles. The zero-order valence-electron chi connectivity index (χ0n) is 16.2. The van der Waals surface area contributed by atoms with E-state index >= 15 is 0 Å². The van der Waals surface area contributed by atoms with Crippen molar-refractivity contribution in [2.45, 2.75) is 50.5 Å². The van der Waals surface area contributed by atoms with Crippen LogP contribution in [0.1, 0.15) is 25.1 Å². The Morgan fingerprint density at radius 2 is 2.03 bits per heavy atom. The highest BCUT2D eigenvalue weighted by Crippen LogP contribution is 2.34. The second-order valence-corrected chi connectivity index (χ2v) is 7.89. The Kier molecular flexibility index (Phi) is 4.27. The number of fused-ring (bicyclic) bond motifs is 3. The van der Waals surface area contributed by atoms with Crippen LogP contribution in [0.15, 0.2) is 24.5 Å². The van der Waals surface area contributed by atoms with E-state index < -0.39 is 6.17 Å². The van der Waals surface area contributed by atoms with Crippen molar-refractivity contribution in [1.82, 2.24) is 30.5 Å². The molecule has 2 aromatic heterocycles. The van der Waals surface area contributed by atoms with Crippen molar-refractivity contribution in [3.63, 3.8) is 0 Å².